The summed E-state index contributed by atoms with van der Waals surface area (Å²) in [6.07, 6.45) is -0.619. The van der Waals surface area contributed by atoms with Crippen LogP contribution in [0.25, 0.3) is 0 Å². The van der Waals surface area contributed by atoms with Gasteiger partial charge in [-0.05, 0) is 51.5 Å². The topological polar surface area (TPSA) is 128 Å². The molecule has 0 radical (unpaired) electrons. The number of carbonyl (C=O) groups excluding carboxylic acids is 2. The van der Waals surface area contributed by atoms with Gasteiger partial charge in [-0.1, -0.05) is 12.1 Å². The number of hydrogen-bond donors (Lipinski definition) is 2. The average molecular weight is 627 g/mol. The van der Waals surface area contributed by atoms with E-state index in [1.54, 1.807) is 17.0 Å². The molecule has 2 saturated heterocycles. The summed E-state index contributed by atoms with van der Waals surface area (Å²) in [6, 6.07) is 7.44. The molecule has 1 aromatic carbocycles. The number of nitrogens with one attached hydrogen (secondary N) is 1. The molecule has 1 aromatic heterocycles. The zero-order valence-corrected chi connectivity index (χ0v) is 26.5. The maximum atomic E-state index is 14.2. The van der Waals surface area contributed by atoms with E-state index < -0.39 is 6.09 Å². The van der Waals surface area contributed by atoms with Crippen LogP contribution in [0.1, 0.15) is 45.7 Å². The second kappa shape index (κ2) is 13.7. The number of anilines is 2. The van der Waals surface area contributed by atoms with Gasteiger partial charge < -0.3 is 29.7 Å². The molecule has 13 heteroatoms. The average Bonchev–Trinajstić information content (AvgIpc) is 2.97. The summed E-state index contributed by atoms with van der Waals surface area (Å²) in [5.74, 6) is -0.246. The van der Waals surface area contributed by atoms with Crippen molar-refractivity contribution in [2.24, 2.45) is 0 Å². The van der Waals surface area contributed by atoms with Crippen LogP contribution in [-0.2, 0) is 20.7 Å². The van der Waals surface area contributed by atoms with Crippen LogP contribution >= 0.6 is 0 Å². The van der Waals surface area contributed by atoms with Gasteiger partial charge in [0, 0.05) is 62.7 Å². The predicted molar refractivity (Wildman–Crippen MR) is 166 cm³/mol. The first kappa shape index (κ1) is 32.6. The Labute approximate surface area is 263 Å². The van der Waals surface area contributed by atoms with Crippen LogP contribution in [0.3, 0.4) is 0 Å². The fourth-order valence-corrected chi connectivity index (χ4v) is 6.56. The van der Waals surface area contributed by atoms with E-state index in [2.05, 4.69) is 33.9 Å². The molecule has 3 amide bonds. The number of fused-ring (bicyclic) bond motifs is 1. The SMILES string of the molecule is CC(=O)Nc1nc2c(cc1Cc1ccc(F)cc1)N(C(=O)CN1C[C@@H](C)N(C(=O)O)C[C@@H]1CN1[C@H](C)COC[C@H]1C)C(C)CO2. The van der Waals surface area contributed by atoms with Crippen LogP contribution in [0.4, 0.5) is 20.7 Å². The van der Waals surface area contributed by atoms with Crippen LogP contribution in [0.5, 0.6) is 5.88 Å². The van der Waals surface area contributed by atoms with E-state index in [4.69, 9.17) is 9.47 Å². The summed E-state index contributed by atoms with van der Waals surface area (Å²) >= 11 is 0. The molecule has 244 valence electrons. The minimum atomic E-state index is -0.966. The highest BCUT2D eigenvalue weighted by Crippen LogP contribution is 2.37. The number of carboxylic acid groups (broad SMARTS) is 1. The van der Waals surface area contributed by atoms with Gasteiger partial charge in [-0.25, -0.2) is 9.18 Å². The molecule has 3 aliphatic rings. The Bertz CT molecular complexity index is 1400. The van der Waals surface area contributed by atoms with Gasteiger partial charge in [-0.3, -0.25) is 19.4 Å². The zero-order valence-electron chi connectivity index (χ0n) is 26.5. The number of hydrogen-bond acceptors (Lipinski definition) is 8. The van der Waals surface area contributed by atoms with E-state index >= 15 is 0 Å². The normalized spacial score (nSPS) is 25.8. The van der Waals surface area contributed by atoms with E-state index in [1.807, 2.05) is 19.9 Å². The molecule has 2 fully saturated rings. The Morgan fingerprint density at radius 2 is 1.69 bits per heavy atom. The molecule has 0 spiro atoms. The number of morpholine rings is 1. The van der Waals surface area contributed by atoms with Gasteiger partial charge in [0.1, 0.15) is 23.9 Å². The monoisotopic (exact) mass is 626 g/mol. The van der Waals surface area contributed by atoms with Crippen molar-refractivity contribution in [3.05, 3.63) is 47.3 Å². The summed E-state index contributed by atoms with van der Waals surface area (Å²) < 4.78 is 25.2. The Kier molecular flexibility index (Phi) is 9.90. The molecule has 1 unspecified atom stereocenters. The number of nitrogens with zero attached hydrogens (tertiary/aromatic N) is 5. The third kappa shape index (κ3) is 7.37. The molecule has 2 aromatic rings. The minimum Gasteiger partial charge on any atom is -0.474 e. The highest BCUT2D eigenvalue weighted by Gasteiger charge is 2.40. The molecule has 5 rings (SSSR count). The first-order valence-electron chi connectivity index (χ1n) is 15.5. The van der Waals surface area contributed by atoms with E-state index in [9.17, 15) is 23.9 Å². The molecule has 45 heavy (non-hydrogen) atoms. The number of amides is 3. The quantitative estimate of drug-likeness (QED) is 0.477. The van der Waals surface area contributed by atoms with Crippen molar-refractivity contribution >= 4 is 29.4 Å². The molecule has 0 saturated carbocycles. The van der Waals surface area contributed by atoms with Crippen LogP contribution in [0.15, 0.2) is 30.3 Å². The standard InChI is InChI=1S/C32H43FN6O6/c1-19-12-36(27(14-38(19)32(42)43)13-37-20(2)16-44-17-21(37)3)15-29(41)39-22(4)18-45-31-28(39)11-25(30(35-31)34-23(5)40)10-24-6-8-26(33)9-7-24/h6-9,11,19-22,27H,10,12-18H2,1-5H3,(H,42,43)(H,34,35,40)/t19-,20-,21-,22?,27+/m1/s1. The summed E-state index contributed by atoms with van der Waals surface area (Å²) in [4.78, 5) is 50.5. The lowest BCUT2D eigenvalue weighted by molar-refractivity contribution is -0.122. The van der Waals surface area contributed by atoms with Crippen LogP contribution in [0.2, 0.25) is 0 Å². The maximum Gasteiger partial charge on any atom is 0.407 e. The van der Waals surface area contributed by atoms with Gasteiger partial charge in [-0.2, -0.15) is 4.98 Å². The second-order valence-corrected chi connectivity index (χ2v) is 12.5. The third-order valence-electron chi connectivity index (χ3n) is 8.89. The van der Waals surface area contributed by atoms with Gasteiger partial charge in [0.25, 0.3) is 0 Å². The smallest absolute Gasteiger partial charge is 0.407 e. The van der Waals surface area contributed by atoms with Crippen LogP contribution in [0, 0.1) is 5.82 Å². The van der Waals surface area contributed by atoms with Crippen molar-refractivity contribution in [2.75, 3.05) is 56.2 Å². The molecule has 3 aliphatic heterocycles. The zero-order chi connectivity index (χ0) is 32.4. The van der Waals surface area contributed by atoms with Crippen molar-refractivity contribution in [3.8, 4) is 5.88 Å². The summed E-state index contributed by atoms with van der Waals surface area (Å²) in [7, 11) is 0. The fourth-order valence-electron chi connectivity index (χ4n) is 6.56. The lowest BCUT2D eigenvalue weighted by Crippen LogP contribution is -2.65. The summed E-state index contributed by atoms with van der Waals surface area (Å²) in [6.45, 7) is 12.2. The molecule has 4 heterocycles. The molecule has 0 bridgehead atoms. The molecule has 0 aliphatic carbocycles. The van der Waals surface area contributed by atoms with E-state index in [0.29, 0.717) is 56.3 Å². The van der Waals surface area contributed by atoms with Gasteiger partial charge in [0.15, 0.2) is 0 Å². The van der Waals surface area contributed by atoms with Gasteiger partial charge in [0.2, 0.25) is 17.7 Å². The van der Waals surface area contributed by atoms with Gasteiger partial charge >= 0.3 is 6.09 Å². The molecule has 2 N–H and O–H groups in total. The van der Waals surface area contributed by atoms with E-state index in [1.165, 1.54) is 24.0 Å². The van der Waals surface area contributed by atoms with Crippen molar-refractivity contribution in [2.45, 2.75) is 71.2 Å². The van der Waals surface area contributed by atoms with Crippen molar-refractivity contribution < 1.29 is 33.4 Å². The predicted octanol–water partition coefficient (Wildman–Crippen LogP) is 3.05. The largest absolute Gasteiger partial charge is 0.474 e. The Hall–Kier alpha value is -3.81. The molecular formula is C32H43FN6O6. The molecular weight excluding hydrogens is 583 g/mol. The van der Waals surface area contributed by atoms with Crippen LogP contribution in [-0.4, -0.2) is 119 Å². The van der Waals surface area contributed by atoms with Crippen molar-refractivity contribution in [1.82, 2.24) is 19.7 Å². The highest BCUT2D eigenvalue weighted by atomic mass is 19.1. The Morgan fingerprint density at radius 1 is 1.00 bits per heavy atom. The van der Waals surface area contributed by atoms with Gasteiger partial charge in [0.05, 0.1) is 25.8 Å². The molecule has 5 atom stereocenters. The number of carbonyl (C=O) groups is 3. The van der Waals surface area contributed by atoms with Gasteiger partial charge in [-0.15, -0.1) is 0 Å². The Morgan fingerprint density at radius 3 is 2.33 bits per heavy atom. The fraction of sp³-hybridized carbons (Fsp3) is 0.562. The second-order valence-electron chi connectivity index (χ2n) is 12.5. The third-order valence-corrected chi connectivity index (χ3v) is 8.89. The number of halogens is 1. The minimum absolute atomic E-state index is 0.0834. The summed E-state index contributed by atoms with van der Waals surface area (Å²) in [5.41, 5.74) is 1.96. The first-order valence-corrected chi connectivity index (χ1v) is 15.5. The van der Waals surface area contributed by atoms with E-state index in [0.717, 1.165) is 5.56 Å². The number of benzene rings is 1. The van der Waals surface area contributed by atoms with Crippen molar-refractivity contribution in [1.29, 1.82) is 0 Å². The number of pyridine rings is 1. The number of aromatic nitrogens is 1. The lowest BCUT2D eigenvalue weighted by Gasteiger charge is -2.48. The van der Waals surface area contributed by atoms with Crippen molar-refractivity contribution in [3.63, 3.8) is 0 Å². The number of ether oxygens (including phenoxy) is 2. The Balaban J connectivity index is 1.43. The number of piperazine rings is 1. The maximum absolute atomic E-state index is 14.2. The van der Waals surface area contributed by atoms with Crippen LogP contribution < -0.4 is 15.0 Å². The molecule has 12 nitrogen and oxygen atoms in total. The lowest BCUT2D eigenvalue weighted by atomic mass is 10.0. The first-order chi connectivity index (χ1) is 21.4. The van der Waals surface area contributed by atoms with E-state index in [-0.39, 0.29) is 66.9 Å². The highest BCUT2D eigenvalue weighted by molar-refractivity contribution is 5.98. The summed E-state index contributed by atoms with van der Waals surface area (Å²) in [5, 5.41) is 12.7. The number of rotatable bonds is 7.